The first-order valence-corrected chi connectivity index (χ1v) is 10.2. The number of carbonyl (C=O) groups is 1. The number of thioether (sulfide) groups is 2. The van der Waals surface area contributed by atoms with E-state index in [0.29, 0.717) is 5.91 Å². The average molecular weight is 337 g/mol. The van der Waals surface area contributed by atoms with Gasteiger partial charge in [0.15, 0.2) is 0 Å². The number of nitrogens with zero attached hydrogens (tertiary/aromatic N) is 2. The van der Waals surface area contributed by atoms with Gasteiger partial charge in [0.2, 0.25) is 5.91 Å². The summed E-state index contributed by atoms with van der Waals surface area (Å²) in [6.07, 6.45) is 0. The Hall–Kier alpha value is -0.810. The second-order valence-corrected chi connectivity index (χ2v) is 8.43. The maximum atomic E-state index is 12.6. The van der Waals surface area contributed by atoms with Crippen molar-refractivity contribution < 1.29 is 4.79 Å². The predicted octanol–water partition coefficient (Wildman–Crippen LogP) is 2.80. The SMILES string of the molecule is Cc1cccc(N2CCN(C(=O)C3CSCCS3)CC2)c1C. The van der Waals surface area contributed by atoms with Gasteiger partial charge < -0.3 is 9.80 Å². The van der Waals surface area contributed by atoms with Gasteiger partial charge in [-0.25, -0.2) is 0 Å². The number of anilines is 1. The normalized spacial score (nSPS) is 22.7. The number of benzene rings is 1. The zero-order chi connectivity index (χ0) is 15.5. The Bertz CT molecular complexity index is 535. The van der Waals surface area contributed by atoms with Crippen LogP contribution in [0.5, 0.6) is 0 Å². The van der Waals surface area contributed by atoms with E-state index in [1.807, 2.05) is 23.5 Å². The van der Waals surface area contributed by atoms with Gasteiger partial charge in [0.05, 0.1) is 5.25 Å². The Morgan fingerprint density at radius 3 is 2.59 bits per heavy atom. The van der Waals surface area contributed by atoms with E-state index in [4.69, 9.17) is 0 Å². The lowest BCUT2D eigenvalue weighted by atomic mass is 10.1. The zero-order valence-corrected chi connectivity index (χ0v) is 15.0. The average Bonchev–Trinajstić information content (AvgIpc) is 2.58. The lowest BCUT2D eigenvalue weighted by Crippen LogP contribution is -2.51. The molecular weight excluding hydrogens is 312 g/mol. The minimum atomic E-state index is 0.186. The van der Waals surface area contributed by atoms with Gasteiger partial charge in [0.25, 0.3) is 0 Å². The van der Waals surface area contributed by atoms with Crippen LogP contribution in [0.1, 0.15) is 11.1 Å². The third-order valence-corrected chi connectivity index (χ3v) is 7.34. The molecule has 0 saturated carbocycles. The van der Waals surface area contributed by atoms with Crippen LogP contribution in [-0.4, -0.2) is 59.5 Å². The van der Waals surface area contributed by atoms with Crippen LogP contribution in [0.25, 0.3) is 0 Å². The summed E-state index contributed by atoms with van der Waals surface area (Å²) in [5.41, 5.74) is 4.03. The number of aryl methyl sites for hydroxylation is 1. The number of hydrogen-bond donors (Lipinski definition) is 0. The first-order valence-electron chi connectivity index (χ1n) is 7.96. The van der Waals surface area contributed by atoms with E-state index in [2.05, 4.69) is 41.8 Å². The van der Waals surface area contributed by atoms with Gasteiger partial charge in [-0.1, -0.05) is 12.1 Å². The summed E-state index contributed by atoms with van der Waals surface area (Å²) in [4.78, 5) is 17.1. The Labute approximate surface area is 141 Å². The molecule has 0 aliphatic carbocycles. The molecule has 22 heavy (non-hydrogen) atoms. The highest BCUT2D eigenvalue weighted by Crippen LogP contribution is 2.27. The fourth-order valence-electron chi connectivity index (χ4n) is 3.08. The molecule has 0 spiro atoms. The molecule has 5 heteroatoms. The number of amides is 1. The summed E-state index contributed by atoms with van der Waals surface area (Å²) in [6, 6.07) is 6.50. The molecular formula is C17H24N2OS2. The largest absolute Gasteiger partial charge is 0.368 e. The third kappa shape index (κ3) is 3.40. The van der Waals surface area contributed by atoms with Crippen LogP contribution in [0.15, 0.2) is 18.2 Å². The predicted molar refractivity (Wildman–Crippen MR) is 98.3 cm³/mol. The van der Waals surface area contributed by atoms with E-state index in [9.17, 15) is 4.79 Å². The summed E-state index contributed by atoms with van der Waals surface area (Å²) in [7, 11) is 0. The van der Waals surface area contributed by atoms with Crippen molar-refractivity contribution in [3.05, 3.63) is 29.3 Å². The van der Waals surface area contributed by atoms with Crippen molar-refractivity contribution in [2.24, 2.45) is 0 Å². The maximum Gasteiger partial charge on any atom is 0.236 e. The smallest absolute Gasteiger partial charge is 0.236 e. The molecule has 3 nitrogen and oxygen atoms in total. The van der Waals surface area contributed by atoms with E-state index in [1.54, 1.807) is 0 Å². The van der Waals surface area contributed by atoms with Gasteiger partial charge in [-0.2, -0.15) is 11.8 Å². The van der Waals surface area contributed by atoms with Crippen LogP contribution < -0.4 is 4.90 Å². The minimum Gasteiger partial charge on any atom is -0.368 e. The van der Waals surface area contributed by atoms with Crippen molar-refractivity contribution in [1.29, 1.82) is 0 Å². The van der Waals surface area contributed by atoms with Gasteiger partial charge in [-0.15, -0.1) is 11.8 Å². The Balaban J connectivity index is 1.60. The Morgan fingerprint density at radius 2 is 1.91 bits per heavy atom. The van der Waals surface area contributed by atoms with Crippen LogP contribution in [-0.2, 0) is 4.79 Å². The van der Waals surface area contributed by atoms with E-state index in [0.717, 1.165) is 37.7 Å². The molecule has 2 heterocycles. The Kier molecular flexibility index (Phi) is 5.24. The Morgan fingerprint density at radius 1 is 1.14 bits per heavy atom. The number of carbonyl (C=O) groups excluding carboxylic acids is 1. The molecule has 0 N–H and O–H groups in total. The van der Waals surface area contributed by atoms with Gasteiger partial charge in [0, 0.05) is 49.1 Å². The summed E-state index contributed by atoms with van der Waals surface area (Å²) in [5, 5.41) is 0.186. The summed E-state index contributed by atoms with van der Waals surface area (Å²) >= 11 is 3.76. The van der Waals surface area contributed by atoms with Crippen LogP contribution in [0.3, 0.4) is 0 Å². The molecule has 120 valence electrons. The van der Waals surface area contributed by atoms with Crippen molar-refractivity contribution >= 4 is 35.1 Å². The monoisotopic (exact) mass is 336 g/mol. The fraction of sp³-hybridized carbons (Fsp3) is 0.588. The fourth-order valence-corrected chi connectivity index (χ4v) is 5.71. The van der Waals surface area contributed by atoms with Crippen LogP contribution >= 0.6 is 23.5 Å². The van der Waals surface area contributed by atoms with Crippen LogP contribution in [0.2, 0.25) is 0 Å². The molecule has 1 aromatic carbocycles. The van der Waals surface area contributed by atoms with Gasteiger partial charge >= 0.3 is 0 Å². The van der Waals surface area contributed by atoms with Crippen LogP contribution in [0.4, 0.5) is 5.69 Å². The van der Waals surface area contributed by atoms with Crippen molar-refractivity contribution in [2.75, 3.05) is 48.3 Å². The molecule has 2 saturated heterocycles. The van der Waals surface area contributed by atoms with E-state index >= 15 is 0 Å². The van der Waals surface area contributed by atoms with Gasteiger partial charge in [-0.3, -0.25) is 4.79 Å². The van der Waals surface area contributed by atoms with Gasteiger partial charge in [-0.05, 0) is 31.0 Å². The van der Waals surface area contributed by atoms with Crippen molar-refractivity contribution in [1.82, 2.24) is 4.90 Å². The molecule has 3 rings (SSSR count). The quantitative estimate of drug-likeness (QED) is 0.829. The zero-order valence-electron chi connectivity index (χ0n) is 13.4. The summed E-state index contributed by atoms with van der Waals surface area (Å²) < 4.78 is 0. The second-order valence-electron chi connectivity index (χ2n) is 5.97. The second kappa shape index (κ2) is 7.18. The number of rotatable bonds is 2. The van der Waals surface area contributed by atoms with Gasteiger partial charge in [0.1, 0.15) is 0 Å². The molecule has 1 aromatic rings. The highest BCUT2D eigenvalue weighted by molar-refractivity contribution is 8.07. The molecule has 2 aliphatic heterocycles. The number of piperazine rings is 1. The molecule has 0 aromatic heterocycles. The first kappa shape index (κ1) is 16.1. The third-order valence-electron chi connectivity index (χ3n) is 4.60. The molecule has 0 radical (unpaired) electrons. The highest BCUT2D eigenvalue weighted by atomic mass is 32.2. The van der Waals surface area contributed by atoms with Crippen LogP contribution in [0, 0.1) is 13.8 Å². The highest BCUT2D eigenvalue weighted by Gasteiger charge is 2.29. The standard InChI is InChI=1S/C17H24N2OS2/c1-13-4-3-5-15(14(13)2)18-6-8-19(9-7-18)17(20)16-12-21-10-11-22-16/h3-5,16H,6-12H2,1-2H3. The first-order chi connectivity index (χ1) is 10.7. The minimum absolute atomic E-state index is 0.186. The lowest BCUT2D eigenvalue weighted by Gasteiger charge is -2.38. The molecule has 0 bridgehead atoms. The number of hydrogen-bond acceptors (Lipinski definition) is 4. The van der Waals surface area contributed by atoms with Crippen molar-refractivity contribution in [3.63, 3.8) is 0 Å². The summed E-state index contributed by atoms with van der Waals surface area (Å²) in [5.74, 6) is 3.65. The topological polar surface area (TPSA) is 23.6 Å². The van der Waals surface area contributed by atoms with Crippen molar-refractivity contribution in [3.8, 4) is 0 Å². The van der Waals surface area contributed by atoms with Crippen molar-refractivity contribution in [2.45, 2.75) is 19.1 Å². The maximum absolute atomic E-state index is 12.6. The molecule has 1 amide bonds. The lowest BCUT2D eigenvalue weighted by molar-refractivity contribution is -0.130. The molecule has 2 fully saturated rings. The molecule has 2 aliphatic rings. The molecule has 1 atom stereocenters. The van der Waals surface area contributed by atoms with E-state index in [-0.39, 0.29) is 5.25 Å². The van der Waals surface area contributed by atoms with E-state index < -0.39 is 0 Å². The summed E-state index contributed by atoms with van der Waals surface area (Å²) in [6.45, 7) is 7.96. The molecule has 1 unspecified atom stereocenters. The van der Waals surface area contributed by atoms with E-state index in [1.165, 1.54) is 22.6 Å².